The van der Waals surface area contributed by atoms with E-state index >= 15 is 0 Å². The number of esters is 1. The Hall–Kier alpha value is -1.42. The molecule has 0 aliphatic heterocycles. The third-order valence-electron chi connectivity index (χ3n) is 2.43. The van der Waals surface area contributed by atoms with E-state index in [0.717, 1.165) is 24.1 Å². The minimum Gasteiger partial charge on any atom is -0.468 e. The zero-order chi connectivity index (χ0) is 12.0. The summed E-state index contributed by atoms with van der Waals surface area (Å²) in [5, 5.41) is 3.16. The van der Waals surface area contributed by atoms with Crippen molar-refractivity contribution in [3.8, 4) is 0 Å². The average Bonchev–Trinajstić information content (AvgIpc) is 2.31. The quantitative estimate of drug-likeness (QED) is 0.769. The van der Waals surface area contributed by atoms with Gasteiger partial charge in [0.2, 0.25) is 0 Å². The Morgan fingerprint density at radius 1 is 1.62 bits per heavy atom. The van der Waals surface area contributed by atoms with E-state index in [-0.39, 0.29) is 5.97 Å². The van der Waals surface area contributed by atoms with E-state index in [2.05, 4.69) is 17.2 Å². The van der Waals surface area contributed by atoms with Crippen LogP contribution in [0.5, 0.6) is 0 Å². The molecule has 0 radical (unpaired) electrons. The molecule has 1 N–H and O–H groups in total. The summed E-state index contributed by atoms with van der Waals surface area (Å²) in [6.45, 7) is 4.78. The van der Waals surface area contributed by atoms with Crippen LogP contribution in [-0.4, -0.2) is 24.6 Å². The maximum atomic E-state index is 11.7. The van der Waals surface area contributed by atoms with Gasteiger partial charge in [-0.05, 0) is 31.5 Å². The highest BCUT2D eigenvalue weighted by atomic mass is 16.5. The lowest BCUT2D eigenvalue weighted by Crippen LogP contribution is -2.30. The van der Waals surface area contributed by atoms with Crippen molar-refractivity contribution in [3.05, 3.63) is 29.6 Å². The minimum atomic E-state index is -0.418. The van der Waals surface area contributed by atoms with Crippen LogP contribution >= 0.6 is 0 Å². The zero-order valence-corrected chi connectivity index (χ0v) is 9.99. The lowest BCUT2D eigenvalue weighted by molar-refractivity contribution is -0.143. The van der Waals surface area contributed by atoms with Crippen molar-refractivity contribution >= 4 is 5.97 Å². The summed E-state index contributed by atoms with van der Waals surface area (Å²) < 4.78 is 4.79. The molecule has 1 aromatic heterocycles. The molecule has 0 bridgehead atoms. The van der Waals surface area contributed by atoms with Gasteiger partial charge >= 0.3 is 5.97 Å². The van der Waals surface area contributed by atoms with Gasteiger partial charge in [0.05, 0.1) is 7.11 Å². The van der Waals surface area contributed by atoms with Crippen molar-refractivity contribution < 1.29 is 9.53 Å². The van der Waals surface area contributed by atoms with Gasteiger partial charge in [0.15, 0.2) is 0 Å². The van der Waals surface area contributed by atoms with E-state index in [0.29, 0.717) is 0 Å². The Morgan fingerprint density at radius 2 is 2.38 bits per heavy atom. The highest BCUT2D eigenvalue weighted by molar-refractivity contribution is 5.77. The average molecular weight is 222 g/mol. The lowest BCUT2D eigenvalue weighted by Gasteiger charge is -2.17. The first kappa shape index (κ1) is 12.6. The van der Waals surface area contributed by atoms with Crippen LogP contribution in [0.2, 0.25) is 0 Å². The highest BCUT2D eigenvalue weighted by Crippen LogP contribution is 2.17. The number of ether oxygens (including phenoxy) is 1. The van der Waals surface area contributed by atoms with Crippen molar-refractivity contribution in [2.45, 2.75) is 26.3 Å². The van der Waals surface area contributed by atoms with Crippen LogP contribution < -0.4 is 5.32 Å². The van der Waals surface area contributed by atoms with Gasteiger partial charge in [-0.2, -0.15) is 0 Å². The van der Waals surface area contributed by atoms with E-state index in [1.165, 1.54) is 7.11 Å². The fourth-order valence-electron chi connectivity index (χ4n) is 1.51. The van der Waals surface area contributed by atoms with E-state index in [1.807, 2.05) is 13.0 Å². The summed E-state index contributed by atoms with van der Waals surface area (Å²) in [7, 11) is 1.40. The lowest BCUT2D eigenvalue weighted by atomic mass is 10.0. The predicted octanol–water partition coefficient (Wildman–Crippen LogP) is 1.60. The number of aryl methyl sites for hydroxylation is 1. The Kier molecular flexibility index (Phi) is 4.92. The van der Waals surface area contributed by atoms with Crippen molar-refractivity contribution in [1.29, 1.82) is 0 Å². The smallest absolute Gasteiger partial charge is 0.327 e. The largest absolute Gasteiger partial charge is 0.468 e. The van der Waals surface area contributed by atoms with Crippen LogP contribution in [0.15, 0.2) is 18.5 Å². The summed E-state index contributed by atoms with van der Waals surface area (Å²) in [6.07, 6.45) is 4.39. The molecular weight excluding hydrogens is 204 g/mol. The first-order valence-corrected chi connectivity index (χ1v) is 5.42. The first-order chi connectivity index (χ1) is 7.70. The van der Waals surface area contributed by atoms with Gasteiger partial charge in [-0.25, -0.2) is 4.79 Å². The number of pyridine rings is 1. The molecule has 1 atom stereocenters. The molecule has 88 valence electrons. The summed E-state index contributed by atoms with van der Waals surface area (Å²) in [4.78, 5) is 15.7. The fraction of sp³-hybridized carbons (Fsp3) is 0.500. The van der Waals surface area contributed by atoms with Gasteiger partial charge in [-0.3, -0.25) is 4.98 Å². The molecule has 0 aliphatic rings. The predicted molar refractivity (Wildman–Crippen MR) is 62.0 cm³/mol. The van der Waals surface area contributed by atoms with Crippen LogP contribution in [0, 0.1) is 6.92 Å². The molecule has 4 heteroatoms. The van der Waals surface area contributed by atoms with Gasteiger partial charge in [0.25, 0.3) is 0 Å². The van der Waals surface area contributed by atoms with Crippen molar-refractivity contribution in [2.24, 2.45) is 0 Å². The number of nitrogens with one attached hydrogen (secondary N) is 1. The Bertz CT molecular complexity index is 353. The molecule has 1 unspecified atom stereocenters. The van der Waals surface area contributed by atoms with Crippen LogP contribution in [-0.2, 0) is 9.53 Å². The molecular formula is C12H18N2O2. The van der Waals surface area contributed by atoms with Crippen LogP contribution in [0.1, 0.15) is 30.5 Å². The van der Waals surface area contributed by atoms with Gasteiger partial charge in [0, 0.05) is 18.0 Å². The van der Waals surface area contributed by atoms with Crippen LogP contribution in [0.4, 0.5) is 0 Å². The molecule has 16 heavy (non-hydrogen) atoms. The Balaban J connectivity index is 2.92. The SMILES string of the molecule is CCCNC(C(=O)OC)c1cnccc1C. The molecule has 0 aromatic carbocycles. The fourth-order valence-corrected chi connectivity index (χ4v) is 1.51. The molecule has 1 heterocycles. The minimum absolute atomic E-state index is 0.274. The highest BCUT2D eigenvalue weighted by Gasteiger charge is 2.22. The van der Waals surface area contributed by atoms with Crippen LogP contribution in [0.3, 0.4) is 0 Å². The molecule has 1 rings (SSSR count). The third-order valence-corrected chi connectivity index (χ3v) is 2.43. The van der Waals surface area contributed by atoms with Crippen LogP contribution in [0.25, 0.3) is 0 Å². The number of hydrogen-bond acceptors (Lipinski definition) is 4. The zero-order valence-electron chi connectivity index (χ0n) is 9.99. The first-order valence-electron chi connectivity index (χ1n) is 5.42. The number of hydrogen-bond donors (Lipinski definition) is 1. The number of carbonyl (C=O) groups excluding carboxylic acids is 1. The molecule has 0 fully saturated rings. The van der Waals surface area contributed by atoms with Gasteiger partial charge in [-0.1, -0.05) is 6.92 Å². The van der Waals surface area contributed by atoms with E-state index < -0.39 is 6.04 Å². The maximum Gasteiger partial charge on any atom is 0.327 e. The Morgan fingerprint density at radius 3 is 2.94 bits per heavy atom. The summed E-state index contributed by atoms with van der Waals surface area (Å²) in [6, 6.07) is 1.47. The molecule has 0 saturated carbocycles. The maximum absolute atomic E-state index is 11.7. The molecule has 1 aromatic rings. The second-order valence-electron chi connectivity index (χ2n) is 3.64. The summed E-state index contributed by atoms with van der Waals surface area (Å²) in [5.74, 6) is -0.274. The van der Waals surface area contributed by atoms with Crippen molar-refractivity contribution in [2.75, 3.05) is 13.7 Å². The number of rotatable bonds is 5. The molecule has 4 nitrogen and oxygen atoms in total. The summed E-state index contributed by atoms with van der Waals surface area (Å²) in [5.41, 5.74) is 1.91. The van der Waals surface area contributed by atoms with Crippen molar-refractivity contribution in [3.63, 3.8) is 0 Å². The summed E-state index contributed by atoms with van der Waals surface area (Å²) >= 11 is 0. The second kappa shape index (κ2) is 6.23. The van der Waals surface area contributed by atoms with E-state index in [1.54, 1.807) is 12.4 Å². The topological polar surface area (TPSA) is 51.2 Å². The Labute approximate surface area is 96.0 Å². The molecule has 0 spiro atoms. The number of carbonyl (C=O) groups is 1. The normalized spacial score (nSPS) is 12.2. The van der Waals surface area contributed by atoms with Gasteiger partial charge < -0.3 is 10.1 Å². The van der Waals surface area contributed by atoms with Crippen molar-refractivity contribution in [1.82, 2.24) is 10.3 Å². The monoisotopic (exact) mass is 222 g/mol. The molecule has 0 amide bonds. The number of aromatic nitrogens is 1. The standard InChI is InChI=1S/C12H18N2O2/c1-4-6-14-11(12(15)16-3)10-8-13-7-5-9(10)2/h5,7-8,11,14H,4,6H2,1-3H3. The van der Waals surface area contributed by atoms with E-state index in [9.17, 15) is 4.79 Å². The van der Waals surface area contributed by atoms with E-state index in [4.69, 9.17) is 4.74 Å². The number of methoxy groups -OCH3 is 1. The second-order valence-corrected chi connectivity index (χ2v) is 3.64. The third kappa shape index (κ3) is 3.03. The van der Waals surface area contributed by atoms with Gasteiger partial charge in [-0.15, -0.1) is 0 Å². The molecule has 0 saturated heterocycles. The van der Waals surface area contributed by atoms with Gasteiger partial charge in [0.1, 0.15) is 6.04 Å². The molecule has 0 aliphatic carbocycles. The number of nitrogens with zero attached hydrogens (tertiary/aromatic N) is 1.